The SMILES string of the molecule is CCCC1NC(=O)CC(C)N(CC2CCC(C)(C)O2)C1=O. The summed E-state index contributed by atoms with van der Waals surface area (Å²) in [5.74, 6) is 0.0213. The van der Waals surface area contributed by atoms with Crippen LogP contribution < -0.4 is 5.32 Å². The van der Waals surface area contributed by atoms with E-state index in [1.54, 1.807) is 0 Å². The highest BCUT2D eigenvalue weighted by molar-refractivity contribution is 5.90. The van der Waals surface area contributed by atoms with Crippen LogP contribution in [-0.4, -0.2) is 47.0 Å². The summed E-state index contributed by atoms with van der Waals surface area (Å²) in [5, 5.41) is 2.86. The molecule has 0 aliphatic carbocycles. The molecule has 21 heavy (non-hydrogen) atoms. The zero-order valence-corrected chi connectivity index (χ0v) is 13.6. The highest BCUT2D eigenvalue weighted by atomic mass is 16.5. The molecule has 0 radical (unpaired) electrons. The lowest BCUT2D eigenvalue weighted by Gasteiger charge is -2.31. The molecule has 3 atom stereocenters. The molecule has 5 nitrogen and oxygen atoms in total. The van der Waals surface area contributed by atoms with Gasteiger partial charge in [-0.05, 0) is 40.0 Å². The first-order valence-corrected chi connectivity index (χ1v) is 8.10. The van der Waals surface area contributed by atoms with Crippen molar-refractivity contribution in [3.8, 4) is 0 Å². The number of hydrogen-bond donors (Lipinski definition) is 1. The average molecular weight is 296 g/mol. The molecule has 0 aromatic heterocycles. The minimum atomic E-state index is -0.373. The summed E-state index contributed by atoms with van der Waals surface area (Å²) in [6, 6.07) is -0.437. The van der Waals surface area contributed by atoms with Gasteiger partial charge in [0.15, 0.2) is 0 Å². The van der Waals surface area contributed by atoms with Gasteiger partial charge in [-0.15, -0.1) is 0 Å². The second-order valence-corrected chi connectivity index (χ2v) is 6.99. The fourth-order valence-electron chi connectivity index (χ4n) is 3.29. The molecule has 0 aromatic carbocycles. The van der Waals surface area contributed by atoms with E-state index in [0.29, 0.717) is 19.4 Å². The summed E-state index contributed by atoms with van der Waals surface area (Å²) in [4.78, 5) is 26.4. The molecule has 0 aromatic rings. The number of carbonyl (C=O) groups excluding carboxylic acids is 2. The number of ether oxygens (including phenoxy) is 1. The van der Waals surface area contributed by atoms with E-state index in [1.807, 2.05) is 18.7 Å². The number of amides is 2. The quantitative estimate of drug-likeness (QED) is 0.861. The lowest BCUT2D eigenvalue weighted by atomic mass is 10.0. The Morgan fingerprint density at radius 3 is 2.67 bits per heavy atom. The lowest BCUT2D eigenvalue weighted by molar-refractivity contribution is -0.137. The number of hydrogen-bond acceptors (Lipinski definition) is 3. The van der Waals surface area contributed by atoms with E-state index in [9.17, 15) is 9.59 Å². The predicted molar refractivity (Wildman–Crippen MR) is 80.8 cm³/mol. The van der Waals surface area contributed by atoms with Crippen molar-refractivity contribution in [2.24, 2.45) is 0 Å². The molecule has 1 N–H and O–H groups in total. The van der Waals surface area contributed by atoms with E-state index in [2.05, 4.69) is 19.2 Å². The summed E-state index contributed by atoms with van der Waals surface area (Å²) in [6.07, 6.45) is 4.04. The van der Waals surface area contributed by atoms with Crippen molar-refractivity contribution in [1.82, 2.24) is 10.2 Å². The van der Waals surface area contributed by atoms with Gasteiger partial charge in [0, 0.05) is 19.0 Å². The van der Waals surface area contributed by atoms with Gasteiger partial charge in [-0.25, -0.2) is 0 Å². The van der Waals surface area contributed by atoms with Gasteiger partial charge < -0.3 is 15.0 Å². The second kappa shape index (κ2) is 6.34. The monoisotopic (exact) mass is 296 g/mol. The highest BCUT2D eigenvalue weighted by Crippen LogP contribution is 2.30. The summed E-state index contributed by atoms with van der Waals surface area (Å²) in [5.41, 5.74) is -0.0975. The van der Waals surface area contributed by atoms with Crippen molar-refractivity contribution < 1.29 is 14.3 Å². The third-order valence-corrected chi connectivity index (χ3v) is 4.46. The van der Waals surface area contributed by atoms with Gasteiger partial charge in [0.1, 0.15) is 6.04 Å². The van der Waals surface area contributed by atoms with E-state index in [0.717, 1.165) is 19.3 Å². The van der Waals surface area contributed by atoms with Crippen LogP contribution in [-0.2, 0) is 14.3 Å². The minimum Gasteiger partial charge on any atom is -0.371 e. The molecule has 0 bridgehead atoms. The van der Waals surface area contributed by atoms with Crippen molar-refractivity contribution in [2.45, 2.75) is 83.6 Å². The summed E-state index contributed by atoms with van der Waals surface area (Å²) >= 11 is 0. The molecule has 2 aliphatic heterocycles. The Morgan fingerprint density at radius 2 is 2.10 bits per heavy atom. The summed E-state index contributed by atoms with van der Waals surface area (Å²) in [7, 11) is 0. The minimum absolute atomic E-state index is 0.0236. The van der Waals surface area contributed by atoms with Gasteiger partial charge >= 0.3 is 0 Å². The van der Waals surface area contributed by atoms with Gasteiger partial charge in [0.2, 0.25) is 11.8 Å². The molecule has 2 rings (SSSR count). The predicted octanol–water partition coefficient (Wildman–Crippen LogP) is 1.85. The smallest absolute Gasteiger partial charge is 0.245 e. The molecule has 2 saturated heterocycles. The molecule has 0 saturated carbocycles. The van der Waals surface area contributed by atoms with Crippen molar-refractivity contribution in [2.75, 3.05) is 6.54 Å². The van der Waals surface area contributed by atoms with E-state index >= 15 is 0 Å². The molecule has 2 fully saturated rings. The van der Waals surface area contributed by atoms with Crippen molar-refractivity contribution in [3.05, 3.63) is 0 Å². The molecular weight excluding hydrogens is 268 g/mol. The second-order valence-electron chi connectivity index (χ2n) is 6.99. The van der Waals surface area contributed by atoms with Crippen molar-refractivity contribution in [3.63, 3.8) is 0 Å². The molecule has 2 amide bonds. The van der Waals surface area contributed by atoms with Crippen LogP contribution in [0, 0.1) is 0 Å². The highest BCUT2D eigenvalue weighted by Gasteiger charge is 2.38. The topological polar surface area (TPSA) is 58.6 Å². The standard InChI is InChI=1S/C16H28N2O3/c1-5-6-13-15(20)18(11(2)9-14(19)17-13)10-12-7-8-16(3,4)21-12/h11-13H,5-10H2,1-4H3,(H,17,19). The molecule has 5 heteroatoms. The third kappa shape index (κ3) is 3.96. The van der Waals surface area contributed by atoms with Crippen LogP contribution in [0.5, 0.6) is 0 Å². The number of nitrogens with zero attached hydrogens (tertiary/aromatic N) is 1. The Hall–Kier alpha value is -1.10. The maximum absolute atomic E-state index is 12.7. The van der Waals surface area contributed by atoms with Crippen LogP contribution in [0.2, 0.25) is 0 Å². The third-order valence-electron chi connectivity index (χ3n) is 4.46. The average Bonchev–Trinajstić information content (AvgIpc) is 2.69. The summed E-state index contributed by atoms with van der Waals surface area (Å²) in [6.45, 7) is 8.75. The Kier molecular flexibility index (Phi) is 4.91. The zero-order valence-electron chi connectivity index (χ0n) is 13.6. The van der Waals surface area contributed by atoms with Gasteiger partial charge in [-0.3, -0.25) is 9.59 Å². The fourth-order valence-corrected chi connectivity index (χ4v) is 3.29. The van der Waals surface area contributed by atoms with E-state index in [-0.39, 0.29) is 35.6 Å². The van der Waals surface area contributed by atoms with Crippen molar-refractivity contribution >= 4 is 11.8 Å². The normalized spacial score (nSPS) is 33.0. The van der Waals surface area contributed by atoms with E-state index in [4.69, 9.17) is 4.74 Å². The van der Waals surface area contributed by atoms with Gasteiger partial charge in [0.25, 0.3) is 0 Å². The van der Waals surface area contributed by atoms with Gasteiger partial charge in [-0.2, -0.15) is 0 Å². The van der Waals surface area contributed by atoms with Gasteiger partial charge in [-0.1, -0.05) is 13.3 Å². The van der Waals surface area contributed by atoms with E-state index in [1.165, 1.54) is 0 Å². The summed E-state index contributed by atoms with van der Waals surface area (Å²) < 4.78 is 6.01. The molecule has 120 valence electrons. The Bertz CT molecular complexity index is 408. The number of nitrogens with one attached hydrogen (secondary N) is 1. The van der Waals surface area contributed by atoms with Crippen LogP contribution in [0.3, 0.4) is 0 Å². The van der Waals surface area contributed by atoms with E-state index < -0.39 is 0 Å². The molecule has 0 spiro atoms. The Morgan fingerprint density at radius 1 is 1.38 bits per heavy atom. The van der Waals surface area contributed by atoms with Crippen LogP contribution in [0.4, 0.5) is 0 Å². The first-order chi connectivity index (χ1) is 9.82. The number of carbonyl (C=O) groups is 2. The molecule has 3 unspecified atom stereocenters. The largest absolute Gasteiger partial charge is 0.371 e. The molecule has 2 aliphatic rings. The maximum atomic E-state index is 12.7. The fraction of sp³-hybridized carbons (Fsp3) is 0.875. The lowest BCUT2D eigenvalue weighted by Crippen LogP contribution is -2.49. The first kappa shape index (κ1) is 16.3. The van der Waals surface area contributed by atoms with Crippen LogP contribution >= 0.6 is 0 Å². The molecular formula is C16H28N2O3. The Balaban J connectivity index is 2.07. The van der Waals surface area contributed by atoms with Crippen LogP contribution in [0.15, 0.2) is 0 Å². The van der Waals surface area contributed by atoms with Crippen LogP contribution in [0.25, 0.3) is 0 Å². The van der Waals surface area contributed by atoms with Gasteiger partial charge in [0.05, 0.1) is 11.7 Å². The maximum Gasteiger partial charge on any atom is 0.245 e. The molecule has 2 heterocycles. The Labute approximate surface area is 127 Å². The first-order valence-electron chi connectivity index (χ1n) is 8.10. The van der Waals surface area contributed by atoms with Crippen molar-refractivity contribution in [1.29, 1.82) is 0 Å². The zero-order chi connectivity index (χ0) is 15.6. The number of rotatable bonds is 4. The van der Waals surface area contributed by atoms with Crippen LogP contribution in [0.1, 0.15) is 59.8 Å².